The van der Waals surface area contributed by atoms with Crippen molar-refractivity contribution in [2.75, 3.05) is 33.3 Å². The molecule has 27 heavy (non-hydrogen) atoms. The first-order valence-electron chi connectivity index (χ1n) is 8.86. The van der Waals surface area contributed by atoms with Crippen LogP contribution >= 0.6 is 0 Å². The lowest BCUT2D eigenvalue weighted by atomic mass is 9.97. The van der Waals surface area contributed by atoms with Crippen molar-refractivity contribution >= 4 is 23.8 Å². The molecule has 8 nitrogen and oxygen atoms in total. The van der Waals surface area contributed by atoms with Gasteiger partial charge in [0.2, 0.25) is 5.91 Å². The molecule has 1 heterocycles. The second-order valence-electron chi connectivity index (χ2n) is 6.45. The molecule has 1 N–H and O–H groups in total. The summed E-state index contributed by atoms with van der Waals surface area (Å²) >= 11 is 0. The molecule has 146 valence electrons. The minimum absolute atomic E-state index is 0.0798. The maximum atomic E-state index is 12.4. The molecule has 0 atom stereocenters. The van der Waals surface area contributed by atoms with E-state index >= 15 is 0 Å². The molecule has 0 unspecified atom stereocenters. The van der Waals surface area contributed by atoms with Gasteiger partial charge >= 0.3 is 11.9 Å². The van der Waals surface area contributed by atoms with Gasteiger partial charge in [-0.15, -0.1) is 0 Å². The highest BCUT2D eigenvalue weighted by atomic mass is 16.5. The first kappa shape index (κ1) is 20.4. The predicted octanol–water partition coefficient (Wildman–Crippen LogP) is 1.26. The Bertz CT molecular complexity index is 707. The summed E-state index contributed by atoms with van der Waals surface area (Å²) in [7, 11) is 1.52. The maximum Gasteiger partial charge on any atom is 0.335 e. The number of nitrogens with zero attached hydrogens (tertiary/aromatic N) is 2. The molecule has 1 aromatic rings. The molecular weight excluding hydrogens is 352 g/mol. The Balaban J connectivity index is 1.87. The van der Waals surface area contributed by atoms with Crippen LogP contribution in [0.25, 0.3) is 0 Å². The largest absolute Gasteiger partial charge is 0.478 e. The van der Waals surface area contributed by atoms with E-state index in [2.05, 4.69) is 0 Å². The Morgan fingerprint density at radius 2 is 1.67 bits per heavy atom. The molecule has 0 saturated carbocycles. The third kappa shape index (κ3) is 5.29. The SMILES string of the molecule is CCOC(=O)C1CCN(C(=O)CN(C)C(=O)c2ccc(C(=O)O)cc2)CC1. The van der Waals surface area contributed by atoms with Crippen LogP contribution in [-0.4, -0.2) is 71.9 Å². The fourth-order valence-corrected chi connectivity index (χ4v) is 2.98. The number of carbonyl (C=O) groups excluding carboxylic acids is 3. The quantitative estimate of drug-likeness (QED) is 0.750. The minimum Gasteiger partial charge on any atom is -0.478 e. The molecule has 1 aromatic carbocycles. The Morgan fingerprint density at radius 3 is 2.19 bits per heavy atom. The van der Waals surface area contributed by atoms with E-state index in [0.717, 1.165) is 0 Å². The van der Waals surface area contributed by atoms with Crippen molar-refractivity contribution in [2.24, 2.45) is 5.92 Å². The average Bonchev–Trinajstić information content (AvgIpc) is 2.67. The van der Waals surface area contributed by atoms with Crippen LogP contribution in [0.3, 0.4) is 0 Å². The number of carbonyl (C=O) groups is 4. The smallest absolute Gasteiger partial charge is 0.335 e. The number of likely N-dealkylation sites (N-methyl/N-ethyl adjacent to an activating group) is 1. The number of aromatic carboxylic acids is 1. The first-order chi connectivity index (χ1) is 12.8. The Labute approximate surface area is 157 Å². The summed E-state index contributed by atoms with van der Waals surface area (Å²) in [5.41, 5.74) is 0.408. The van der Waals surface area contributed by atoms with Crippen LogP contribution in [0.4, 0.5) is 0 Å². The number of amides is 2. The molecule has 2 amide bonds. The third-order valence-electron chi connectivity index (χ3n) is 4.57. The Kier molecular flexibility index (Phi) is 6.92. The average molecular weight is 376 g/mol. The highest BCUT2D eigenvalue weighted by molar-refractivity contribution is 5.97. The summed E-state index contributed by atoms with van der Waals surface area (Å²) in [6, 6.07) is 5.56. The third-order valence-corrected chi connectivity index (χ3v) is 4.57. The Hall–Kier alpha value is -2.90. The number of benzene rings is 1. The van der Waals surface area contributed by atoms with Crippen LogP contribution in [0.1, 0.15) is 40.5 Å². The van der Waals surface area contributed by atoms with E-state index in [1.165, 1.54) is 36.2 Å². The van der Waals surface area contributed by atoms with Crippen molar-refractivity contribution in [1.82, 2.24) is 9.80 Å². The molecule has 0 bridgehead atoms. The van der Waals surface area contributed by atoms with E-state index in [0.29, 0.717) is 38.1 Å². The molecule has 1 fully saturated rings. The molecule has 8 heteroatoms. The van der Waals surface area contributed by atoms with Gasteiger partial charge in [-0.3, -0.25) is 14.4 Å². The molecule has 1 saturated heterocycles. The van der Waals surface area contributed by atoms with Gasteiger partial charge in [0.05, 0.1) is 24.6 Å². The number of hydrogen-bond acceptors (Lipinski definition) is 5. The van der Waals surface area contributed by atoms with Gasteiger partial charge in [0.25, 0.3) is 5.91 Å². The van der Waals surface area contributed by atoms with E-state index < -0.39 is 5.97 Å². The summed E-state index contributed by atoms with van der Waals surface area (Å²) in [5.74, 6) is -2.01. The van der Waals surface area contributed by atoms with E-state index in [4.69, 9.17) is 9.84 Å². The lowest BCUT2D eigenvalue weighted by Gasteiger charge is -2.32. The highest BCUT2D eigenvalue weighted by Crippen LogP contribution is 2.19. The number of ether oxygens (including phenoxy) is 1. The van der Waals surface area contributed by atoms with Gasteiger partial charge in [0, 0.05) is 25.7 Å². The van der Waals surface area contributed by atoms with Gasteiger partial charge in [-0.05, 0) is 44.0 Å². The van der Waals surface area contributed by atoms with Crippen molar-refractivity contribution in [3.05, 3.63) is 35.4 Å². The van der Waals surface area contributed by atoms with E-state index in [1.54, 1.807) is 11.8 Å². The van der Waals surface area contributed by atoms with Crippen LogP contribution in [0, 0.1) is 5.92 Å². The predicted molar refractivity (Wildman–Crippen MR) is 96.3 cm³/mol. The van der Waals surface area contributed by atoms with Crippen LogP contribution < -0.4 is 0 Å². The zero-order chi connectivity index (χ0) is 20.0. The van der Waals surface area contributed by atoms with Crippen LogP contribution in [0.5, 0.6) is 0 Å². The summed E-state index contributed by atoms with van der Waals surface area (Å²) < 4.78 is 5.01. The van der Waals surface area contributed by atoms with Crippen LogP contribution in [-0.2, 0) is 14.3 Å². The summed E-state index contributed by atoms with van der Waals surface area (Å²) in [6.07, 6.45) is 1.11. The van der Waals surface area contributed by atoms with Gasteiger partial charge in [0.1, 0.15) is 0 Å². The van der Waals surface area contributed by atoms with Crippen molar-refractivity contribution in [2.45, 2.75) is 19.8 Å². The second kappa shape index (κ2) is 9.16. The number of piperidine rings is 1. The molecule has 2 rings (SSSR count). The van der Waals surface area contributed by atoms with Gasteiger partial charge < -0.3 is 19.6 Å². The zero-order valence-electron chi connectivity index (χ0n) is 15.5. The zero-order valence-corrected chi connectivity index (χ0v) is 15.5. The van der Waals surface area contributed by atoms with Gasteiger partial charge in [-0.25, -0.2) is 4.79 Å². The standard InChI is InChI=1S/C19H24N2O6/c1-3-27-19(26)15-8-10-21(11-9-15)16(22)12-20(2)17(23)13-4-6-14(7-5-13)18(24)25/h4-7,15H,3,8-12H2,1-2H3,(H,24,25). The van der Waals surface area contributed by atoms with E-state index in [9.17, 15) is 19.2 Å². The second-order valence-corrected chi connectivity index (χ2v) is 6.45. The van der Waals surface area contributed by atoms with Crippen molar-refractivity contribution in [3.63, 3.8) is 0 Å². The normalized spacial score (nSPS) is 14.5. The first-order valence-corrected chi connectivity index (χ1v) is 8.86. The van der Waals surface area contributed by atoms with Crippen LogP contribution in [0.2, 0.25) is 0 Å². The Morgan fingerprint density at radius 1 is 1.11 bits per heavy atom. The lowest BCUT2D eigenvalue weighted by molar-refractivity contribution is -0.151. The number of rotatable bonds is 6. The van der Waals surface area contributed by atoms with Gasteiger partial charge in [-0.1, -0.05) is 0 Å². The molecule has 0 radical (unpaired) electrons. The van der Waals surface area contributed by atoms with Crippen LogP contribution in [0.15, 0.2) is 24.3 Å². The number of carboxylic acid groups (broad SMARTS) is 1. The highest BCUT2D eigenvalue weighted by Gasteiger charge is 2.29. The monoisotopic (exact) mass is 376 g/mol. The minimum atomic E-state index is -1.07. The molecule has 0 aromatic heterocycles. The molecule has 1 aliphatic rings. The summed E-state index contributed by atoms with van der Waals surface area (Å²) in [4.78, 5) is 50.4. The number of esters is 1. The van der Waals surface area contributed by atoms with Crippen molar-refractivity contribution in [3.8, 4) is 0 Å². The summed E-state index contributed by atoms with van der Waals surface area (Å²) in [6.45, 7) is 2.94. The molecule has 0 aliphatic carbocycles. The van der Waals surface area contributed by atoms with E-state index in [1.807, 2.05) is 0 Å². The maximum absolute atomic E-state index is 12.4. The van der Waals surface area contributed by atoms with Crippen molar-refractivity contribution in [1.29, 1.82) is 0 Å². The van der Waals surface area contributed by atoms with Crippen molar-refractivity contribution < 1.29 is 29.0 Å². The number of hydrogen-bond donors (Lipinski definition) is 1. The molecule has 0 spiro atoms. The number of likely N-dealkylation sites (tertiary alicyclic amines) is 1. The van der Waals surface area contributed by atoms with Gasteiger partial charge in [0.15, 0.2) is 0 Å². The van der Waals surface area contributed by atoms with Gasteiger partial charge in [-0.2, -0.15) is 0 Å². The fourth-order valence-electron chi connectivity index (χ4n) is 2.98. The lowest BCUT2D eigenvalue weighted by Crippen LogP contribution is -2.45. The summed E-state index contributed by atoms with van der Waals surface area (Å²) in [5, 5.41) is 8.90. The van der Waals surface area contributed by atoms with E-state index in [-0.39, 0.29) is 35.8 Å². The molecular formula is C19H24N2O6. The fraction of sp³-hybridized carbons (Fsp3) is 0.474. The topological polar surface area (TPSA) is 104 Å². The molecule has 1 aliphatic heterocycles. The number of carboxylic acids is 1.